The molecule has 0 aliphatic heterocycles. The van der Waals surface area contributed by atoms with E-state index in [0.717, 1.165) is 0 Å². The first-order chi connectivity index (χ1) is 12.0. The summed E-state index contributed by atoms with van der Waals surface area (Å²) in [6, 6.07) is 13.5. The highest BCUT2D eigenvalue weighted by atomic mass is 35.5. The van der Waals surface area contributed by atoms with E-state index < -0.39 is 11.8 Å². The molecule has 0 aliphatic rings. The van der Waals surface area contributed by atoms with Crippen molar-refractivity contribution in [3.63, 3.8) is 0 Å². The predicted octanol–water partition coefficient (Wildman–Crippen LogP) is 2.97. The second-order valence-corrected chi connectivity index (χ2v) is 5.82. The number of hydrazine groups is 1. The number of benzene rings is 2. The van der Waals surface area contributed by atoms with Crippen molar-refractivity contribution in [1.29, 1.82) is 0 Å². The van der Waals surface area contributed by atoms with Gasteiger partial charge >= 0.3 is 0 Å². The van der Waals surface area contributed by atoms with E-state index in [1.165, 1.54) is 0 Å². The van der Waals surface area contributed by atoms with Crippen LogP contribution in [0.1, 0.15) is 24.2 Å². The number of carbonyl (C=O) groups is 2. The molecule has 2 N–H and O–H groups in total. The van der Waals surface area contributed by atoms with E-state index >= 15 is 0 Å². The number of hydrogen-bond donors (Lipinski definition) is 2. The van der Waals surface area contributed by atoms with Gasteiger partial charge in [0.1, 0.15) is 11.5 Å². The molecule has 0 bridgehead atoms. The van der Waals surface area contributed by atoms with Crippen molar-refractivity contribution in [2.75, 3.05) is 6.61 Å². The lowest BCUT2D eigenvalue weighted by Gasteiger charge is -2.12. The summed E-state index contributed by atoms with van der Waals surface area (Å²) in [5, 5.41) is 0.404. The van der Waals surface area contributed by atoms with Gasteiger partial charge in [0.05, 0.1) is 11.1 Å². The summed E-state index contributed by atoms with van der Waals surface area (Å²) in [5.74, 6) is 0.00311. The van der Waals surface area contributed by atoms with Gasteiger partial charge in [0, 0.05) is 5.56 Å². The molecule has 6 nitrogen and oxygen atoms in total. The third kappa shape index (κ3) is 6.00. The number of hydrogen-bond acceptors (Lipinski definition) is 4. The molecule has 0 atom stereocenters. The van der Waals surface area contributed by atoms with Crippen molar-refractivity contribution in [2.45, 2.75) is 20.0 Å². The molecular formula is C18H19ClN2O4. The first-order valence-corrected chi connectivity index (χ1v) is 8.06. The van der Waals surface area contributed by atoms with Crippen LogP contribution in [0.25, 0.3) is 0 Å². The summed E-state index contributed by atoms with van der Waals surface area (Å²) >= 11 is 5.93. The van der Waals surface area contributed by atoms with Gasteiger partial charge < -0.3 is 9.47 Å². The van der Waals surface area contributed by atoms with Crippen molar-refractivity contribution in [2.24, 2.45) is 0 Å². The van der Waals surface area contributed by atoms with E-state index in [1.54, 1.807) is 48.5 Å². The first-order valence-electron chi connectivity index (χ1n) is 7.69. The third-order valence-corrected chi connectivity index (χ3v) is 3.29. The highest BCUT2D eigenvalue weighted by Gasteiger charge is 2.10. The topological polar surface area (TPSA) is 76.7 Å². The summed E-state index contributed by atoms with van der Waals surface area (Å²) in [5.41, 5.74) is 4.97. The average molecular weight is 363 g/mol. The van der Waals surface area contributed by atoms with Crippen LogP contribution in [0.15, 0.2) is 48.5 Å². The van der Waals surface area contributed by atoms with Crippen LogP contribution in [0.5, 0.6) is 11.5 Å². The Balaban J connectivity index is 1.83. The van der Waals surface area contributed by atoms with Crippen molar-refractivity contribution >= 4 is 23.4 Å². The van der Waals surface area contributed by atoms with Crippen molar-refractivity contribution in [3.05, 3.63) is 59.1 Å². The van der Waals surface area contributed by atoms with E-state index in [0.29, 0.717) is 22.1 Å². The largest absolute Gasteiger partial charge is 0.491 e. The lowest BCUT2D eigenvalue weighted by Crippen LogP contribution is -2.43. The van der Waals surface area contributed by atoms with E-state index in [9.17, 15) is 9.59 Å². The second kappa shape index (κ2) is 8.94. The molecule has 0 aromatic heterocycles. The molecule has 2 rings (SSSR count). The standard InChI is InChI=1S/C18H19ClN2O4/c1-12(2)25-14-7-5-6-13(10-14)18(23)21-20-17(22)11-24-16-9-4-3-8-15(16)19/h3-10,12H,11H2,1-2H3,(H,20,22)(H,21,23). The predicted molar refractivity (Wildman–Crippen MR) is 94.8 cm³/mol. The van der Waals surface area contributed by atoms with Crippen LogP contribution in [0.2, 0.25) is 5.02 Å². The van der Waals surface area contributed by atoms with Gasteiger partial charge in [-0.25, -0.2) is 0 Å². The van der Waals surface area contributed by atoms with E-state index in [2.05, 4.69) is 10.9 Å². The van der Waals surface area contributed by atoms with Crippen LogP contribution in [0.3, 0.4) is 0 Å². The maximum Gasteiger partial charge on any atom is 0.276 e. The maximum absolute atomic E-state index is 12.1. The number of nitrogens with one attached hydrogen (secondary N) is 2. The van der Waals surface area contributed by atoms with Crippen LogP contribution in [-0.4, -0.2) is 24.5 Å². The van der Waals surface area contributed by atoms with Crippen LogP contribution in [0, 0.1) is 0 Å². The van der Waals surface area contributed by atoms with E-state index in [-0.39, 0.29) is 12.7 Å². The lowest BCUT2D eigenvalue weighted by atomic mass is 10.2. The molecule has 0 spiro atoms. The Bertz CT molecular complexity index is 749. The van der Waals surface area contributed by atoms with Crippen molar-refractivity contribution < 1.29 is 19.1 Å². The molecule has 132 valence electrons. The Labute approximate surface area is 151 Å². The van der Waals surface area contributed by atoms with Gasteiger partial charge in [-0.3, -0.25) is 20.4 Å². The molecule has 7 heteroatoms. The molecule has 0 saturated carbocycles. The van der Waals surface area contributed by atoms with Crippen molar-refractivity contribution in [3.8, 4) is 11.5 Å². The van der Waals surface area contributed by atoms with Gasteiger partial charge in [0.15, 0.2) is 6.61 Å². The highest BCUT2D eigenvalue weighted by Crippen LogP contribution is 2.22. The quantitative estimate of drug-likeness (QED) is 0.774. The molecule has 0 fully saturated rings. The molecule has 0 saturated heterocycles. The summed E-state index contributed by atoms with van der Waals surface area (Å²) in [6.45, 7) is 3.51. The SMILES string of the molecule is CC(C)Oc1cccc(C(=O)NNC(=O)COc2ccccc2Cl)c1. The van der Waals surface area contributed by atoms with Crippen LogP contribution >= 0.6 is 11.6 Å². The first kappa shape index (κ1) is 18.6. The molecular weight excluding hydrogens is 344 g/mol. The fourth-order valence-corrected chi connectivity index (χ4v) is 2.11. The Morgan fingerprint density at radius 1 is 1.08 bits per heavy atom. The fraction of sp³-hybridized carbons (Fsp3) is 0.222. The van der Waals surface area contributed by atoms with Gasteiger partial charge in [0.25, 0.3) is 11.8 Å². The van der Waals surface area contributed by atoms with Gasteiger partial charge in [-0.1, -0.05) is 29.8 Å². The maximum atomic E-state index is 12.1. The minimum absolute atomic E-state index is 0.0000247. The van der Waals surface area contributed by atoms with Crippen LogP contribution in [-0.2, 0) is 4.79 Å². The molecule has 0 heterocycles. The molecule has 0 aliphatic carbocycles. The minimum Gasteiger partial charge on any atom is -0.491 e. The average Bonchev–Trinajstić information content (AvgIpc) is 2.58. The number of rotatable bonds is 6. The zero-order valence-electron chi connectivity index (χ0n) is 13.9. The summed E-state index contributed by atoms with van der Waals surface area (Å²) in [4.78, 5) is 23.8. The normalized spacial score (nSPS) is 10.2. The Kier molecular flexibility index (Phi) is 6.65. The number of para-hydroxylation sites is 1. The zero-order chi connectivity index (χ0) is 18.2. The lowest BCUT2D eigenvalue weighted by molar-refractivity contribution is -0.123. The smallest absolute Gasteiger partial charge is 0.276 e. The van der Waals surface area contributed by atoms with E-state index in [1.807, 2.05) is 13.8 Å². The molecule has 0 unspecified atom stereocenters. The monoisotopic (exact) mass is 362 g/mol. The Hall–Kier alpha value is -2.73. The third-order valence-electron chi connectivity index (χ3n) is 2.98. The van der Waals surface area contributed by atoms with Gasteiger partial charge in [0.2, 0.25) is 0 Å². The Morgan fingerprint density at radius 3 is 2.56 bits per heavy atom. The van der Waals surface area contributed by atoms with Gasteiger partial charge in [-0.2, -0.15) is 0 Å². The molecule has 2 aromatic rings. The Morgan fingerprint density at radius 2 is 1.84 bits per heavy atom. The van der Waals surface area contributed by atoms with Crippen LogP contribution < -0.4 is 20.3 Å². The number of carbonyl (C=O) groups excluding carboxylic acids is 2. The highest BCUT2D eigenvalue weighted by molar-refractivity contribution is 6.32. The summed E-state index contributed by atoms with van der Waals surface area (Å²) < 4.78 is 10.8. The van der Waals surface area contributed by atoms with Gasteiger partial charge in [-0.15, -0.1) is 0 Å². The number of ether oxygens (including phenoxy) is 2. The zero-order valence-corrected chi connectivity index (χ0v) is 14.7. The molecule has 2 amide bonds. The molecule has 25 heavy (non-hydrogen) atoms. The summed E-state index contributed by atoms with van der Waals surface area (Å²) in [6.07, 6.45) is -0.0000247. The molecule has 2 aromatic carbocycles. The van der Waals surface area contributed by atoms with Crippen LogP contribution in [0.4, 0.5) is 0 Å². The second-order valence-electron chi connectivity index (χ2n) is 5.42. The number of halogens is 1. The van der Waals surface area contributed by atoms with Gasteiger partial charge in [-0.05, 0) is 44.2 Å². The van der Waals surface area contributed by atoms with Crippen molar-refractivity contribution in [1.82, 2.24) is 10.9 Å². The minimum atomic E-state index is -0.511. The molecule has 0 radical (unpaired) electrons. The summed E-state index contributed by atoms with van der Waals surface area (Å²) in [7, 11) is 0. The van der Waals surface area contributed by atoms with E-state index in [4.69, 9.17) is 21.1 Å². The fourth-order valence-electron chi connectivity index (χ4n) is 1.92. The number of amides is 2.